The summed E-state index contributed by atoms with van der Waals surface area (Å²) in [6, 6.07) is 8.45. The molecule has 30 heavy (non-hydrogen) atoms. The maximum absolute atomic E-state index is 11.4. The predicted octanol–water partition coefficient (Wildman–Crippen LogP) is 3.06. The molecule has 0 saturated carbocycles. The monoisotopic (exact) mass is 479 g/mol. The molecule has 1 aromatic heterocycles. The summed E-state index contributed by atoms with van der Waals surface area (Å²) in [5, 5.41) is 0. The van der Waals surface area contributed by atoms with E-state index in [0.29, 0.717) is 0 Å². The van der Waals surface area contributed by atoms with E-state index >= 15 is 0 Å². The van der Waals surface area contributed by atoms with Gasteiger partial charge in [-0.25, -0.2) is 26.0 Å². The number of alkyl halides is 6. The Morgan fingerprint density at radius 1 is 1.00 bits per heavy atom. The summed E-state index contributed by atoms with van der Waals surface area (Å²) >= 11 is 0. The van der Waals surface area contributed by atoms with Crippen LogP contribution in [0.15, 0.2) is 49.6 Å². The van der Waals surface area contributed by atoms with Crippen LogP contribution in [-0.4, -0.2) is 32.4 Å². The van der Waals surface area contributed by atoms with Crippen molar-refractivity contribution in [3.8, 4) is 0 Å². The number of aryl methyl sites for hydroxylation is 1. The van der Waals surface area contributed by atoms with Gasteiger partial charge in [0.25, 0.3) is 0 Å². The van der Waals surface area contributed by atoms with Crippen molar-refractivity contribution < 1.29 is 47.7 Å². The lowest BCUT2D eigenvalue weighted by atomic mass is 10.1. The Labute approximate surface area is 168 Å². The van der Waals surface area contributed by atoms with Gasteiger partial charge >= 0.3 is 11.0 Å². The lowest BCUT2D eigenvalue weighted by Gasteiger charge is -2.22. The third kappa shape index (κ3) is 7.14. The number of halogens is 6. The first-order valence-corrected chi connectivity index (χ1v) is 10.5. The van der Waals surface area contributed by atoms with Crippen LogP contribution >= 0.6 is 0 Å². The van der Waals surface area contributed by atoms with Gasteiger partial charge in [0.05, 0.1) is 7.05 Å². The maximum atomic E-state index is 11.4. The number of aromatic nitrogens is 2. The molecule has 0 spiro atoms. The zero-order valence-corrected chi connectivity index (χ0v) is 16.7. The van der Waals surface area contributed by atoms with Crippen LogP contribution < -0.4 is 4.57 Å². The molecule has 0 atom stereocenters. The lowest BCUT2D eigenvalue weighted by molar-refractivity contribution is -0.671. The van der Waals surface area contributed by atoms with E-state index in [1.165, 1.54) is 5.56 Å². The van der Waals surface area contributed by atoms with Crippen LogP contribution in [0.1, 0.15) is 11.1 Å². The Morgan fingerprint density at radius 3 is 1.80 bits per heavy atom. The molecule has 0 N–H and O–H groups in total. The molecule has 0 fully saturated rings. The normalized spacial score (nSPS) is 12.8. The number of rotatable bonds is 5. The second-order valence-corrected chi connectivity index (χ2v) is 9.04. The summed E-state index contributed by atoms with van der Waals surface area (Å²) in [4.78, 5) is 0. The van der Waals surface area contributed by atoms with Crippen LogP contribution in [0.2, 0.25) is 0 Å². The molecule has 15 heteroatoms. The molecule has 7 nitrogen and oxygen atoms in total. The molecule has 1 aromatic carbocycles. The number of hydrogen-bond acceptors (Lipinski definition) is 4. The molecule has 0 aliphatic heterocycles. The van der Waals surface area contributed by atoms with Crippen LogP contribution in [0, 0.1) is 0 Å². The molecule has 0 bridgehead atoms. The van der Waals surface area contributed by atoms with Gasteiger partial charge in [-0.3, -0.25) is 0 Å². The molecule has 0 aliphatic rings. The number of sulfonamides is 2. The summed E-state index contributed by atoms with van der Waals surface area (Å²) in [5.74, 6) is 0. The van der Waals surface area contributed by atoms with Crippen molar-refractivity contribution in [1.29, 1.82) is 0 Å². The molecule has 2 aromatic rings. The van der Waals surface area contributed by atoms with E-state index in [1.54, 1.807) is 0 Å². The molecule has 0 aliphatic carbocycles. The quantitative estimate of drug-likeness (QED) is 0.487. The highest BCUT2D eigenvalue weighted by atomic mass is 32.3. The summed E-state index contributed by atoms with van der Waals surface area (Å²) in [5.41, 5.74) is -9.94. The van der Waals surface area contributed by atoms with Crippen LogP contribution in [0.25, 0.3) is 10.2 Å². The second kappa shape index (κ2) is 9.18. The van der Waals surface area contributed by atoms with Crippen molar-refractivity contribution in [3.63, 3.8) is 0 Å². The molecule has 0 unspecified atom stereocenters. The molecule has 168 valence electrons. The second-order valence-electron chi connectivity index (χ2n) is 5.61. The van der Waals surface area contributed by atoms with E-state index < -0.39 is 31.1 Å². The highest BCUT2D eigenvalue weighted by Gasteiger charge is 2.46. The lowest BCUT2D eigenvalue weighted by Crippen LogP contribution is -2.30. The highest BCUT2D eigenvalue weighted by Crippen LogP contribution is 2.36. The SMILES string of the molecule is C=Cc1ccc(Cn2cc[n+](C)c2)cc1.O=S(=O)([N-]S(=O)(=O)C(F)(F)F)C(F)(F)F. The molecular formula is C15H15F6N3O4S2. The predicted molar refractivity (Wildman–Crippen MR) is 94.6 cm³/mol. The van der Waals surface area contributed by atoms with Crippen LogP contribution in [0.4, 0.5) is 26.3 Å². The van der Waals surface area contributed by atoms with Gasteiger partial charge in [-0.1, -0.05) is 36.9 Å². The highest BCUT2D eigenvalue weighted by molar-refractivity contribution is 8.13. The van der Waals surface area contributed by atoms with Crippen LogP contribution in [0.3, 0.4) is 0 Å². The number of imidazole rings is 1. The Morgan fingerprint density at radius 2 is 1.47 bits per heavy atom. The Kier molecular flexibility index (Phi) is 7.85. The fourth-order valence-corrected chi connectivity index (χ4v) is 3.49. The molecule has 1 heterocycles. The maximum Gasteiger partial charge on any atom is 0.480 e. The van der Waals surface area contributed by atoms with Crippen molar-refractivity contribution in [2.24, 2.45) is 7.05 Å². The van der Waals surface area contributed by atoms with Gasteiger partial charge in [-0.15, -0.1) is 0 Å². The topological polar surface area (TPSA) is 91.2 Å². The summed E-state index contributed by atoms with van der Waals surface area (Å²) in [7, 11) is -11.4. The minimum Gasteiger partial charge on any atom is -0.421 e. The average Bonchev–Trinajstić information content (AvgIpc) is 2.98. The van der Waals surface area contributed by atoms with E-state index in [2.05, 4.69) is 47.9 Å². The van der Waals surface area contributed by atoms with Gasteiger partial charge in [0.2, 0.25) is 6.33 Å². The number of benzene rings is 1. The average molecular weight is 479 g/mol. The molecular weight excluding hydrogens is 464 g/mol. The van der Waals surface area contributed by atoms with E-state index in [4.69, 9.17) is 0 Å². The van der Waals surface area contributed by atoms with Crippen molar-refractivity contribution in [3.05, 3.63) is 64.8 Å². The first-order valence-electron chi connectivity index (χ1n) is 7.58. The van der Waals surface area contributed by atoms with Crippen molar-refractivity contribution in [2.75, 3.05) is 0 Å². The third-order valence-electron chi connectivity index (χ3n) is 3.19. The molecule has 2 rings (SSSR count). The van der Waals surface area contributed by atoms with Crippen molar-refractivity contribution >= 4 is 26.1 Å². The molecule has 0 amide bonds. The number of hydrogen-bond donors (Lipinski definition) is 0. The standard InChI is InChI=1S/C13H15N2.C2F6NO4S2/c1-3-12-4-6-13(7-5-12)10-15-9-8-14(2)11-15;3-1(4,5)14(10,11)9-15(12,13)2(6,7)8/h3-9,11H,1,10H2,2H3;/q+1;-1. The summed E-state index contributed by atoms with van der Waals surface area (Å²) < 4.78 is 113. The van der Waals surface area contributed by atoms with Gasteiger partial charge in [0.15, 0.2) is 20.0 Å². The summed E-state index contributed by atoms with van der Waals surface area (Å²) in [6.45, 7) is 4.65. The van der Waals surface area contributed by atoms with Crippen LogP contribution in [0.5, 0.6) is 0 Å². The minimum absolute atomic E-state index is 0.778. The zero-order valence-electron chi connectivity index (χ0n) is 15.1. The number of nitrogens with zero attached hydrogens (tertiary/aromatic N) is 3. The van der Waals surface area contributed by atoms with Gasteiger partial charge in [0.1, 0.15) is 18.9 Å². The fourth-order valence-electron chi connectivity index (χ4n) is 1.78. The van der Waals surface area contributed by atoms with E-state index in [9.17, 15) is 43.2 Å². The van der Waals surface area contributed by atoms with E-state index in [1.807, 2.05) is 23.9 Å². The Balaban J connectivity index is 0.000000300. The zero-order chi connectivity index (χ0) is 23.4. The van der Waals surface area contributed by atoms with Gasteiger partial charge in [-0.05, 0) is 11.1 Å². The van der Waals surface area contributed by atoms with Crippen molar-refractivity contribution in [2.45, 2.75) is 17.6 Å². The van der Waals surface area contributed by atoms with Gasteiger partial charge in [0, 0.05) is 0 Å². The van der Waals surface area contributed by atoms with E-state index in [-0.39, 0.29) is 0 Å². The fraction of sp³-hybridized carbons (Fsp3) is 0.267. The Hall–Kier alpha value is -2.39. The van der Waals surface area contributed by atoms with Crippen LogP contribution in [-0.2, 0) is 33.6 Å². The van der Waals surface area contributed by atoms with Gasteiger partial charge < -0.3 is 4.13 Å². The van der Waals surface area contributed by atoms with Gasteiger partial charge in [-0.2, -0.15) is 26.3 Å². The van der Waals surface area contributed by atoms with E-state index in [0.717, 1.165) is 16.2 Å². The molecule has 0 radical (unpaired) electrons. The van der Waals surface area contributed by atoms with Crippen molar-refractivity contribution in [1.82, 2.24) is 4.57 Å². The Bertz CT molecular complexity index is 1030. The summed E-state index contributed by atoms with van der Waals surface area (Å²) in [6.07, 6.45) is 8.04. The smallest absolute Gasteiger partial charge is 0.421 e. The first kappa shape index (κ1) is 25.6. The largest absolute Gasteiger partial charge is 0.480 e. The minimum atomic E-state index is -6.72. The third-order valence-corrected chi connectivity index (χ3v) is 5.93. The first-order chi connectivity index (χ1) is 13.5. The molecule has 0 saturated heterocycles.